The number of nitrogens with one attached hydrogen (secondary N) is 2. The molecule has 0 unspecified atom stereocenters. The molecule has 106 valence electrons. The minimum Gasteiger partial charge on any atom is -0.366 e. The summed E-state index contributed by atoms with van der Waals surface area (Å²) in [4.78, 5) is 33.6. The molecule has 0 fully saturated rings. The van der Waals surface area contributed by atoms with E-state index in [9.17, 15) is 14.4 Å². The van der Waals surface area contributed by atoms with Crippen molar-refractivity contribution in [2.45, 2.75) is 6.42 Å². The minimum atomic E-state index is -0.677. The molecule has 1 rings (SSSR count). The minimum absolute atomic E-state index is 0.0914. The van der Waals surface area contributed by atoms with Gasteiger partial charge in [0.15, 0.2) is 0 Å². The maximum absolute atomic E-state index is 11.6. The third-order valence-electron chi connectivity index (χ3n) is 2.35. The molecule has 0 bridgehead atoms. The van der Waals surface area contributed by atoms with Gasteiger partial charge in [-0.1, -0.05) is 18.2 Å². The van der Waals surface area contributed by atoms with Gasteiger partial charge in [-0.25, -0.2) is 0 Å². The second-order valence-electron chi connectivity index (χ2n) is 3.85. The predicted molar refractivity (Wildman–Crippen MR) is 76.4 cm³/mol. The van der Waals surface area contributed by atoms with Gasteiger partial charge >= 0.3 is 0 Å². The second kappa shape index (κ2) is 7.30. The summed E-state index contributed by atoms with van der Waals surface area (Å²) < 4.78 is 0. The van der Waals surface area contributed by atoms with Crippen molar-refractivity contribution in [2.75, 3.05) is 11.9 Å². The number of nitrogens with two attached hydrogens (primary N) is 1. The molecule has 0 radical (unpaired) electrons. The first-order valence-corrected chi connectivity index (χ1v) is 6.11. The Morgan fingerprint density at radius 2 is 2.05 bits per heavy atom. The van der Waals surface area contributed by atoms with Gasteiger partial charge in [0.25, 0.3) is 0 Å². The average Bonchev–Trinajstić information content (AvgIpc) is 2.40. The predicted octanol–water partition coefficient (Wildman–Crippen LogP) is 1.07. The van der Waals surface area contributed by atoms with Gasteiger partial charge in [-0.05, 0) is 24.3 Å². The number of carbonyl (C=O) groups is 3. The van der Waals surface area contributed by atoms with Crippen LogP contribution in [-0.4, -0.2) is 24.3 Å². The Labute approximate surface area is 121 Å². The Morgan fingerprint density at radius 1 is 1.35 bits per heavy atom. The Morgan fingerprint density at radius 3 is 2.65 bits per heavy atom. The molecule has 3 amide bonds. The highest BCUT2D eigenvalue weighted by Gasteiger charge is 2.09. The van der Waals surface area contributed by atoms with E-state index in [0.29, 0.717) is 5.69 Å². The quantitative estimate of drug-likeness (QED) is 0.684. The summed E-state index contributed by atoms with van der Waals surface area (Å²) in [5.74, 6) is -1.34. The zero-order valence-electron chi connectivity index (χ0n) is 10.6. The largest absolute Gasteiger partial charge is 0.366 e. The molecule has 1 aromatic rings. The summed E-state index contributed by atoms with van der Waals surface area (Å²) in [5.41, 5.74) is 5.69. The monoisotopic (exact) mass is 295 g/mol. The van der Waals surface area contributed by atoms with Gasteiger partial charge in [-0.3, -0.25) is 14.4 Å². The topological polar surface area (TPSA) is 101 Å². The molecule has 6 nitrogen and oxygen atoms in total. The van der Waals surface area contributed by atoms with Crippen molar-refractivity contribution in [1.82, 2.24) is 5.32 Å². The van der Waals surface area contributed by atoms with Gasteiger partial charge < -0.3 is 16.4 Å². The van der Waals surface area contributed by atoms with Crippen LogP contribution in [0.4, 0.5) is 5.69 Å². The number of hydrogen-bond donors (Lipinski definition) is 3. The number of benzene rings is 1. The van der Waals surface area contributed by atoms with E-state index in [0.717, 1.165) is 6.08 Å². The van der Waals surface area contributed by atoms with E-state index in [2.05, 4.69) is 17.2 Å². The maximum Gasteiger partial charge on any atom is 0.250 e. The molecule has 0 saturated carbocycles. The third kappa shape index (κ3) is 4.74. The van der Waals surface area contributed by atoms with Crippen LogP contribution in [0.3, 0.4) is 0 Å². The highest BCUT2D eigenvalue weighted by Crippen LogP contribution is 2.20. The lowest BCUT2D eigenvalue weighted by molar-refractivity contribution is -0.117. The fraction of sp³-hybridized carbons (Fsp3) is 0.154. The number of anilines is 1. The molecule has 0 aliphatic heterocycles. The zero-order chi connectivity index (χ0) is 15.1. The van der Waals surface area contributed by atoms with Crippen molar-refractivity contribution in [3.8, 4) is 0 Å². The number of rotatable bonds is 6. The Balaban J connectivity index is 2.58. The molecule has 0 spiro atoms. The van der Waals surface area contributed by atoms with Gasteiger partial charge in [-0.2, -0.15) is 0 Å². The molecule has 0 aliphatic rings. The van der Waals surface area contributed by atoms with Crippen LogP contribution in [0, 0.1) is 0 Å². The molecule has 7 heteroatoms. The fourth-order valence-corrected chi connectivity index (χ4v) is 1.60. The van der Waals surface area contributed by atoms with Crippen molar-refractivity contribution in [3.63, 3.8) is 0 Å². The number of carbonyl (C=O) groups excluding carboxylic acids is 3. The van der Waals surface area contributed by atoms with E-state index in [1.807, 2.05) is 0 Å². The summed E-state index contributed by atoms with van der Waals surface area (Å²) in [6, 6.07) is 4.41. The average molecular weight is 296 g/mol. The normalized spacial score (nSPS) is 9.65. The maximum atomic E-state index is 11.6. The van der Waals surface area contributed by atoms with Crippen molar-refractivity contribution >= 4 is 35.0 Å². The number of hydrogen-bond acceptors (Lipinski definition) is 3. The molecule has 1 aromatic carbocycles. The number of amides is 3. The van der Waals surface area contributed by atoms with Gasteiger partial charge in [-0.15, -0.1) is 0 Å². The van der Waals surface area contributed by atoms with E-state index in [-0.39, 0.29) is 35.4 Å². The van der Waals surface area contributed by atoms with Crippen LogP contribution in [0.1, 0.15) is 16.8 Å². The summed E-state index contributed by atoms with van der Waals surface area (Å²) in [6.45, 7) is 3.48. The summed E-state index contributed by atoms with van der Waals surface area (Å²) in [5, 5.41) is 5.26. The van der Waals surface area contributed by atoms with Gasteiger partial charge in [0.05, 0.1) is 10.6 Å². The van der Waals surface area contributed by atoms with Crippen molar-refractivity contribution in [2.24, 2.45) is 5.73 Å². The smallest absolute Gasteiger partial charge is 0.250 e. The first kappa shape index (κ1) is 15.7. The SMILES string of the molecule is C=CC(=O)NCCC(=O)Nc1ccc(Cl)c(C(N)=O)c1. The number of primary amides is 1. The first-order chi connectivity index (χ1) is 9.43. The fourth-order valence-electron chi connectivity index (χ4n) is 1.39. The summed E-state index contributed by atoms with van der Waals surface area (Å²) >= 11 is 5.79. The summed E-state index contributed by atoms with van der Waals surface area (Å²) in [6.07, 6.45) is 1.21. The van der Waals surface area contributed by atoms with Crippen molar-refractivity contribution in [1.29, 1.82) is 0 Å². The Bertz CT molecular complexity index is 558. The Kier molecular flexibility index (Phi) is 5.74. The van der Waals surface area contributed by atoms with Crippen LogP contribution < -0.4 is 16.4 Å². The molecule has 0 aliphatic carbocycles. The summed E-state index contributed by atoms with van der Waals surface area (Å²) in [7, 11) is 0. The first-order valence-electron chi connectivity index (χ1n) is 5.73. The third-order valence-corrected chi connectivity index (χ3v) is 2.68. The van der Waals surface area contributed by atoms with E-state index < -0.39 is 5.91 Å². The molecule has 4 N–H and O–H groups in total. The lowest BCUT2D eigenvalue weighted by atomic mass is 10.2. The standard InChI is InChI=1S/C13H14ClN3O3/c1-2-11(18)16-6-5-12(19)17-8-3-4-10(14)9(7-8)13(15)20/h2-4,7H,1,5-6H2,(H2,15,20)(H,16,18)(H,17,19). The molecule has 0 heterocycles. The molecular weight excluding hydrogens is 282 g/mol. The van der Waals surface area contributed by atoms with Crippen molar-refractivity contribution in [3.05, 3.63) is 41.4 Å². The van der Waals surface area contributed by atoms with Crippen LogP contribution in [0.2, 0.25) is 5.02 Å². The lowest BCUT2D eigenvalue weighted by Crippen LogP contribution is -2.26. The molecule has 0 atom stereocenters. The van der Waals surface area contributed by atoms with Crippen LogP contribution >= 0.6 is 11.6 Å². The Hall–Kier alpha value is -2.34. The van der Waals surface area contributed by atoms with Gasteiger partial charge in [0.2, 0.25) is 17.7 Å². The van der Waals surface area contributed by atoms with Crippen LogP contribution in [0.25, 0.3) is 0 Å². The van der Waals surface area contributed by atoms with Gasteiger partial charge in [0, 0.05) is 18.7 Å². The second-order valence-corrected chi connectivity index (χ2v) is 4.26. The molecule has 0 aromatic heterocycles. The van der Waals surface area contributed by atoms with Crippen LogP contribution in [-0.2, 0) is 9.59 Å². The van der Waals surface area contributed by atoms with Gasteiger partial charge in [0.1, 0.15) is 0 Å². The van der Waals surface area contributed by atoms with E-state index >= 15 is 0 Å². The van der Waals surface area contributed by atoms with E-state index in [4.69, 9.17) is 17.3 Å². The molecule has 0 saturated heterocycles. The van der Waals surface area contributed by atoms with E-state index in [1.165, 1.54) is 12.1 Å². The number of halogens is 1. The highest BCUT2D eigenvalue weighted by molar-refractivity contribution is 6.33. The molecular formula is C13H14ClN3O3. The van der Waals surface area contributed by atoms with Crippen molar-refractivity contribution < 1.29 is 14.4 Å². The van der Waals surface area contributed by atoms with Crippen LogP contribution in [0.15, 0.2) is 30.9 Å². The highest BCUT2D eigenvalue weighted by atomic mass is 35.5. The lowest BCUT2D eigenvalue weighted by Gasteiger charge is -2.07. The van der Waals surface area contributed by atoms with Crippen LogP contribution in [0.5, 0.6) is 0 Å². The molecule has 20 heavy (non-hydrogen) atoms. The van der Waals surface area contributed by atoms with E-state index in [1.54, 1.807) is 6.07 Å². The zero-order valence-corrected chi connectivity index (χ0v) is 11.4.